The molecule has 11 aromatic rings. The van der Waals surface area contributed by atoms with Gasteiger partial charge in [-0.3, -0.25) is 0 Å². The Morgan fingerprint density at radius 2 is 0.909 bits per heavy atom. The van der Waals surface area contributed by atoms with E-state index < -0.39 is 0 Å². The van der Waals surface area contributed by atoms with Gasteiger partial charge >= 0.3 is 0 Å². The first kappa shape index (κ1) is 31.6. The average molecular weight is 719 g/mol. The van der Waals surface area contributed by atoms with Gasteiger partial charge in [0.15, 0.2) is 0 Å². The normalized spacial score (nSPS) is 11.6. The molecule has 0 saturated carbocycles. The van der Waals surface area contributed by atoms with Gasteiger partial charge in [0.05, 0.1) is 16.7 Å². The summed E-state index contributed by atoms with van der Waals surface area (Å²) in [5, 5.41) is 7.59. The summed E-state index contributed by atoms with van der Waals surface area (Å²) in [6, 6.07) is 75.2. The third kappa shape index (κ3) is 5.32. The highest BCUT2D eigenvalue weighted by molar-refractivity contribution is 7.25. The number of nitrogens with zero attached hydrogens (tertiary/aromatic N) is 2. The summed E-state index contributed by atoms with van der Waals surface area (Å²) in [7, 11) is 0. The van der Waals surface area contributed by atoms with Crippen LogP contribution in [0.2, 0.25) is 0 Å². The SMILES string of the molecule is c1ccc(-c2ccc(N(c3cccc(-c4ccc5c6ccccc6n(-c6cccc7ccccc67)c5c4)c3)c3ccc4c(c3)sc3ccccc34)cc2)cc1. The molecule has 0 atom stereocenters. The third-order valence-electron chi connectivity index (χ3n) is 11.0. The molecule has 0 aliphatic heterocycles. The molecule has 2 aromatic heterocycles. The van der Waals surface area contributed by atoms with Crippen molar-refractivity contribution in [2.24, 2.45) is 0 Å². The van der Waals surface area contributed by atoms with E-state index in [1.54, 1.807) is 0 Å². The van der Waals surface area contributed by atoms with Crippen LogP contribution in [0.4, 0.5) is 17.1 Å². The summed E-state index contributed by atoms with van der Waals surface area (Å²) in [5.41, 5.74) is 11.7. The van der Waals surface area contributed by atoms with Crippen LogP contribution in [0.1, 0.15) is 0 Å². The van der Waals surface area contributed by atoms with Crippen molar-refractivity contribution in [3.8, 4) is 27.9 Å². The van der Waals surface area contributed by atoms with Crippen LogP contribution in [-0.2, 0) is 0 Å². The van der Waals surface area contributed by atoms with Crippen molar-refractivity contribution in [1.29, 1.82) is 0 Å². The van der Waals surface area contributed by atoms with Gasteiger partial charge in [-0.15, -0.1) is 11.3 Å². The second kappa shape index (κ2) is 12.9. The number of hydrogen-bond acceptors (Lipinski definition) is 2. The van der Waals surface area contributed by atoms with E-state index in [2.05, 4.69) is 216 Å². The van der Waals surface area contributed by atoms with Crippen LogP contribution in [0.5, 0.6) is 0 Å². The summed E-state index contributed by atoms with van der Waals surface area (Å²) in [5.74, 6) is 0. The van der Waals surface area contributed by atoms with E-state index in [1.165, 1.54) is 80.7 Å². The van der Waals surface area contributed by atoms with Crippen LogP contribution < -0.4 is 4.90 Å². The van der Waals surface area contributed by atoms with Crippen LogP contribution in [-0.4, -0.2) is 4.57 Å². The number of thiophene rings is 1. The van der Waals surface area contributed by atoms with Gasteiger partial charge in [0, 0.05) is 53.4 Å². The smallest absolute Gasteiger partial charge is 0.0547 e. The quantitative estimate of drug-likeness (QED) is 0.166. The number of anilines is 3. The van der Waals surface area contributed by atoms with Crippen molar-refractivity contribution in [2.45, 2.75) is 0 Å². The molecule has 55 heavy (non-hydrogen) atoms. The van der Waals surface area contributed by atoms with Crippen molar-refractivity contribution in [2.75, 3.05) is 4.90 Å². The van der Waals surface area contributed by atoms with Gasteiger partial charge in [0.2, 0.25) is 0 Å². The predicted octanol–water partition coefficient (Wildman–Crippen LogP) is 15.1. The van der Waals surface area contributed by atoms with Gasteiger partial charge in [-0.2, -0.15) is 0 Å². The number of aromatic nitrogens is 1. The van der Waals surface area contributed by atoms with Gasteiger partial charge in [-0.05, 0) is 88.3 Å². The molecule has 2 heterocycles. The molecule has 0 fully saturated rings. The zero-order chi connectivity index (χ0) is 36.3. The summed E-state index contributed by atoms with van der Waals surface area (Å²) in [6.45, 7) is 0. The molecule has 9 aromatic carbocycles. The van der Waals surface area contributed by atoms with Crippen molar-refractivity contribution < 1.29 is 0 Å². The monoisotopic (exact) mass is 718 g/mol. The fourth-order valence-electron chi connectivity index (χ4n) is 8.37. The number of benzene rings is 9. The Bertz CT molecular complexity index is 3200. The van der Waals surface area contributed by atoms with Gasteiger partial charge in [0.1, 0.15) is 0 Å². The predicted molar refractivity (Wildman–Crippen MR) is 237 cm³/mol. The van der Waals surface area contributed by atoms with Crippen LogP contribution in [0, 0.1) is 0 Å². The summed E-state index contributed by atoms with van der Waals surface area (Å²) >= 11 is 1.86. The molecule has 11 rings (SSSR count). The molecule has 0 saturated heterocycles. The number of hydrogen-bond donors (Lipinski definition) is 0. The molecular weight excluding hydrogens is 685 g/mol. The molecule has 0 aliphatic rings. The number of para-hydroxylation sites is 1. The third-order valence-corrected chi connectivity index (χ3v) is 12.1. The summed E-state index contributed by atoms with van der Waals surface area (Å²) < 4.78 is 5.04. The lowest BCUT2D eigenvalue weighted by molar-refractivity contribution is 1.20. The zero-order valence-corrected chi connectivity index (χ0v) is 30.7. The molecule has 0 N–H and O–H groups in total. The Hall–Kier alpha value is -6.94. The Morgan fingerprint density at radius 3 is 1.80 bits per heavy atom. The lowest BCUT2D eigenvalue weighted by Gasteiger charge is -2.26. The fraction of sp³-hybridized carbons (Fsp3) is 0. The second-order valence-electron chi connectivity index (χ2n) is 14.2. The van der Waals surface area contributed by atoms with Gasteiger partial charge < -0.3 is 9.47 Å². The van der Waals surface area contributed by atoms with Gasteiger partial charge in [-0.1, -0.05) is 146 Å². The molecule has 0 radical (unpaired) electrons. The van der Waals surface area contributed by atoms with Crippen molar-refractivity contribution in [3.63, 3.8) is 0 Å². The first-order valence-electron chi connectivity index (χ1n) is 18.8. The van der Waals surface area contributed by atoms with Crippen LogP contribution in [0.25, 0.3) is 80.7 Å². The standard InChI is InChI=1S/C52H34N2S/c1-2-12-35(13-3-1)36-24-27-40(28-25-36)53(42-29-31-47-46-20-7-9-23-51(46)55-52(47)34-42)41-17-10-16-38(32-41)39-26-30-45-44-19-6-8-21-49(44)54(50(45)33-39)48-22-11-15-37-14-4-5-18-43(37)48/h1-34H. The number of fused-ring (bicyclic) bond motifs is 7. The molecule has 0 bridgehead atoms. The van der Waals surface area contributed by atoms with E-state index in [9.17, 15) is 0 Å². The maximum Gasteiger partial charge on any atom is 0.0547 e. The lowest BCUT2D eigenvalue weighted by atomic mass is 10.0. The second-order valence-corrected chi connectivity index (χ2v) is 15.2. The Labute approximate surface area is 323 Å². The zero-order valence-electron chi connectivity index (χ0n) is 29.9. The maximum atomic E-state index is 2.45. The minimum Gasteiger partial charge on any atom is -0.310 e. The Morgan fingerprint density at radius 1 is 0.327 bits per heavy atom. The first-order valence-corrected chi connectivity index (χ1v) is 19.6. The number of rotatable bonds is 6. The van der Waals surface area contributed by atoms with Gasteiger partial charge in [-0.25, -0.2) is 0 Å². The van der Waals surface area contributed by atoms with Crippen LogP contribution >= 0.6 is 11.3 Å². The van der Waals surface area contributed by atoms with E-state index in [-0.39, 0.29) is 0 Å². The van der Waals surface area contributed by atoms with Crippen molar-refractivity contribution in [1.82, 2.24) is 4.57 Å². The minimum absolute atomic E-state index is 1.11. The van der Waals surface area contributed by atoms with E-state index in [4.69, 9.17) is 0 Å². The maximum absolute atomic E-state index is 2.45. The first-order chi connectivity index (χ1) is 27.3. The molecule has 0 amide bonds. The topological polar surface area (TPSA) is 8.17 Å². The lowest BCUT2D eigenvalue weighted by Crippen LogP contribution is -2.10. The molecule has 0 aliphatic carbocycles. The fourth-order valence-corrected chi connectivity index (χ4v) is 9.51. The molecule has 258 valence electrons. The molecule has 0 spiro atoms. The van der Waals surface area contributed by atoms with Crippen LogP contribution in [0.15, 0.2) is 206 Å². The molecular formula is C52H34N2S. The van der Waals surface area contributed by atoms with Gasteiger partial charge in [0.25, 0.3) is 0 Å². The van der Waals surface area contributed by atoms with E-state index in [0.29, 0.717) is 0 Å². The van der Waals surface area contributed by atoms with E-state index in [1.807, 2.05) is 11.3 Å². The molecule has 3 heteroatoms. The largest absolute Gasteiger partial charge is 0.310 e. The van der Waals surface area contributed by atoms with E-state index in [0.717, 1.165) is 17.1 Å². The summed E-state index contributed by atoms with van der Waals surface area (Å²) in [4.78, 5) is 2.40. The van der Waals surface area contributed by atoms with E-state index >= 15 is 0 Å². The Balaban J connectivity index is 1.08. The molecule has 2 nitrogen and oxygen atoms in total. The van der Waals surface area contributed by atoms with Crippen molar-refractivity contribution >= 4 is 81.1 Å². The highest BCUT2D eigenvalue weighted by Crippen LogP contribution is 2.43. The Kier molecular flexibility index (Phi) is 7.39. The average Bonchev–Trinajstić information content (AvgIpc) is 3.79. The minimum atomic E-state index is 1.11. The summed E-state index contributed by atoms with van der Waals surface area (Å²) in [6.07, 6.45) is 0. The van der Waals surface area contributed by atoms with Crippen LogP contribution in [0.3, 0.4) is 0 Å². The molecule has 0 unspecified atom stereocenters. The highest BCUT2D eigenvalue weighted by Gasteiger charge is 2.18. The highest BCUT2D eigenvalue weighted by atomic mass is 32.1. The van der Waals surface area contributed by atoms with Crippen molar-refractivity contribution in [3.05, 3.63) is 206 Å².